The van der Waals surface area contributed by atoms with Gasteiger partial charge in [0.15, 0.2) is 5.69 Å². The van der Waals surface area contributed by atoms with Gasteiger partial charge < -0.3 is 5.11 Å². The van der Waals surface area contributed by atoms with Crippen LogP contribution in [0, 0.1) is 0 Å². The summed E-state index contributed by atoms with van der Waals surface area (Å²) in [6.07, 6.45) is 0. The zero-order chi connectivity index (χ0) is 12.6. The lowest BCUT2D eigenvalue weighted by Crippen LogP contribution is -1.99. The molecule has 1 aromatic heterocycles. The van der Waals surface area contributed by atoms with E-state index in [1.165, 1.54) is 10.7 Å². The molecule has 0 fully saturated rings. The molecule has 1 N–H and O–H groups in total. The SMILES string of the molecule is Cl.Cn1nc(C(=O)O)cc1-c1ccc(Cl)c(Cl)c1. The van der Waals surface area contributed by atoms with Crippen LogP contribution in [-0.4, -0.2) is 20.9 Å². The second kappa shape index (κ2) is 5.61. The average molecular weight is 308 g/mol. The highest BCUT2D eigenvalue weighted by Crippen LogP contribution is 2.28. The molecule has 0 radical (unpaired) electrons. The molecule has 0 atom stereocenters. The molecule has 4 nitrogen and oxygen atoms in total. The van der Waals surface area contributed by atoms with Crippen LogP contribution in [0.4, 0.5) is 0 Å². The summed E-state index contributed by atoms with van der Waals surface area (Å²) in [6, 6.07) is 6.58. The lowest BCUT2D eigenvalue weighted by Gasteiger charge is -2.03. The molecule has 0 bridgehead atoms. The summed E-state index contributed by atoms with van der Waals surface area (Å²) >= 11 is 11.7. The van der Waals surface area contributed by atoms with Gasteiger partial charge in [-0.25, -0.2) is 4.79 Å². The number of carboxylic acids is 1. The molecule has 18 heavy (non-hydrogen) atoms. The van der Waals surface area contributed by atoms with Crippen LogP contribution in [0.3, 0.4) is 0 Å². The smallest absolute Gasteiger partial charge is 0.356 e. The second-order valence-corrected chi connectivity index (χ2v) is 4.29. The van der Waals surface area contributed by atoms with Crippen LogP contribution in [0.15, 0.2) is 24.3 Å². The van der Waals surface area contributed by atoms with Gasteiger partial charge in [0.1, 0.15) is 0 Å². The zero-order valence-corrected chi connectivity index (χ0v) is 11.6. The number of aromatic carboxylic acids is 1. The van der Waals surface area contributed by atoms with Crippen LogP contribution in [0.5, 0.6) is 0 Å². The third-order valence-corrected chi connectivity index (χ3v) is 3.05. The van der Waals surface area contributed by atoms with E-state index in [2.05, 4.69) is 5.10 Å². The van der Waals surface area contributed by atoms with Gasteiger partial charge in [0, 0.05) is 12.6 Å². The molecule has 0 unspecified atom stereocenters. The molecule has 0 aliphatic heterocycles. The van der Waals surface area contributed by atoms with Crippen molar-refractivity contribution < 1.29 is 9.90 Å². The highest BCUT2D eigenvalue weighted by molar-refractivity contribution is 6.42. The second-order valence-electron chi connectivity index (χ2n) is 3.47. The van der Waals surface area contributed by atoms with E-state index in [4.69, 9.17) is 28.3 Å². The first-order chi connectivity index (χ1) is 7.99. The van der Waals surface area contributed by atoms with Gasteiger partial charge in [0.25, 0.3) is 0 Å². The Kier molecular flexibility index (Phi) is 4.62. The predicted octanol–water partition coefficient (Wildman–Crippen LogP) is 3.51. The Bertz CT molecular complexity index is 596. The molecule has 0 aliphatic rings. The first-order valence-electron chi connectivity index (χ1n) is 4.72. The number of benzene rings is 1. The maximum absolute atomic E-state index is 10.8. The Hall–Kier alpha value is -1.23. The monoisotopic (exact) mass is 306 g/mol. The Labute approximate surface area is 120 Å². The van der Waals surface area contributed by atoms with E-state index in [9.17, 15) is 4.79 Å². The number of nitrogens with zero attached hydrogens (tertiary/aromatic N) is 2. The summed E-state index contributed by atoms with van der Waals surface area (Å²) < 4.78 is 1.49. The number of carbonyl (C=O) groups is 1. The Morgan fingerprint density at radius 2 is 1.94 bits per heavy atom. The summed E-state index contributed by atoms with van der Waals surface area (Å²) in [7, 11) is 1.67. The van der Waals surface area contributed by atoms with Crippen LogP contribution in [0.25, 0.3) is 11.3 Å². The summed E-state index contributed by atoms with van der Waals surface area (Å²) in [4.78, 5) is 10.8. The van der Waals surface area contributed by atoms with Crippen molar-refractivity contribution in [1.29, 1.82) is 0 Å². The molecule has 1 heterocycles. The van der Waals surface area contributed by atoms with Gasteiger partial charge >= 0.3 is 5.97 Å². The van der Waals surface area contributed by atoms with Gasteiger partial charge in [-0.15, -0.1) is 12.4 Å². The molecule has 7 heteroatoms. The number of aryl methyl sites for hydroxylation is 1. The molecule has 0 aliphatic carbocycles. The molecular formula is C11H9Cl3N2O2. The van der Waals surface area contributed by atoms with Gasteiger partial charge in [-0.1, -0.05) is 29.3 Å². The van der Waals surface area contributed by atoms with Crippen LogP contribution in [0.1, 0.15) is 10.5 Å². The van der Waals surface area contributed by atoms with Crippen LogP contribution >= 0.6 is 35.6 Å². The average Bonchev–Trinajstić information content (AvgIpc) is 2.65. The van der Waals surface area contributed by atoms with Crippen LogP contribution in [-0.2, 0) is 7.05 Å². The molecule has 1 aromatic carbocycles. The van der Waals surface area contributed by atoms with E-state index in [0.717, 1.165) is 5.56 Å². The van der Waals surface area contributed by atoms with Crippen LogP contribution in [0.2, 0.25) is 10.0 Å². The minimum absolute atomic E-state index is 0. The number of carboxylic acid groups (broad SMARTS) is 1. The van der Waals surface area contributed by atoms with E-state index in [1.54, 1.807) is 25.2 Å². The van der Waals surface area contributed by atoms with Crippen molar-refractivity contribution in [1.82, 2.24) is 9.78 Å². The maximum Gasteiger partial charge on any atom is 0.356 e. The van der Waals surface area contributed by atoms with Gasteiger partial charge in [-0.3, -0.25) is 4.68 Å². The predicted molar refractivity (Wildman–Crippen MR) is 72.9 cm³/mol. The van der Waals surface area contributed by atoms with E-state index in [1.807, 2.05) is 0 Å². The van der Waals surface area contributed by atoms with E-state index in [-0.39, 0.29) is 18.1 Å². The Balaban J connectivity index is 0.00000162. The van der Waals surface area contributed by atoms with Crippen molar-refractivity contribution in [3.63, 3.8) is 0 Å². The van der Waals surface area contributed by atoms with Crippen molar-refractivity contribution in [2.75, 3.05) is 0 Å². The summed E-state index contributed by atoms with van der Waals surface area (Å²) in [5.41, 5.74) is 1.43. The molecular weight excluding hydrogens is 298 g/mol. The normalized spacial score (nSPS) is 9.94. The lowest BCUT2D eigenvalue weighted by atomic mass is 10.1. The van der Waals surface area contributed by atoms with Gasteiger partial charge in [-0.2, -0.15) is 5.10 Å². The molecule has 0 spiro atoms. The fourth-order valence-electron chi connectivity index (χ4n) is 1.50. The van der Waals surface area contributed by atoms with E-state index < -0.39 is 5.97 Å². The third kappa shape index (κ3) is 2.77. The molecule has 0 amide bonds. The Morgan fingerprint density at radius 1 is 1.28 bits per heavy atom. The maximum atomic E-state index is 10.8. The topological polar surface area (TPSA) is 55.1 Å². The third-order valence-electron chi connectivity index (χ3n) is 2.31. The zero-order valence-electron chi connectivity index (χ0n) is 9.22. The standard InChI is InChI=1S/C11H8Cl2N2O2.ClH/c1-15-10(5-9(14-15)11(16)17)6-2-3-7(12)8(13)4-6;/h2-5H,1H3,(H,16,17);1H. The van der Waals surface area contributed by atoms with Crippen molar-refractivity contribution in [3.05, 3.63) is 40.0 Å². The highest BCUT2D eigenvalue weighted by atomic mass is 35.5. The molecule has 2 aromatic rings. The lowest BCUT2D eigenvalue weighted by molar-refractivity contribution is 0.0689. The molecule has 0 saturated carbocycles. The fraction of sp³-hybridized carbons (Fsp3) is 0.0909. The van der Waals surface area contributed by atoms with E-state index >= 15 is 0 Å². The number of rotatable bonds is 2. The highest BCUT2D eigenvalue weighted by Gasteiger charge is 2.13. The number of aromatic nitrogens is 2. The minimum Gasteiger partial charge on any atom is -0.476 e. The summed E-state index contributed by atoms with van der Waals surface area (Å²) in [6.45, 7) is 0. The van der Waals surface area contributed by atoms with Gasteiger partial charge in [0.2, 0.25) is 0 Å². The Morgan fingerprint density at radius 3 is 2.44 bits per heavy atom. The molecule has 0 saturated heterocycles. The number of hydrogen-bond donors (Lipinski definition) is 1. The van der Waals surface area contributed by atoms with Gasteiger partial charge in [0.05, 0.1) is 15.7 Å². The van der Waals surface area contributed by atoms with Crippen molar-refractivity contribution in [3.8, 4) is 11.3 Å². The fourth-order valence-corrected chi connectivity index (χ4v) is 1.80. The quantitative estimate of drug-likeness (QED) is 0.923. The van der Waals surface area contributed by atoms with E-state index in [0.29, 0.717) is 15.7 Å². The van der Waals surface area contributed by atoms with Gasteiger partial charge in [-0.05, 0) is 18.2 Å². The number of halogens is 3. The molecule has 2 rings (SSSR count). The van der Waals surface area contributed by atoms with Crippen LogP contribution < -0.4 is 0 Å². The first-order valence-corrected chi connectivity index (χ1v) is 5.47. The molecule has 96 valence electrons. The number of hydrogen-bond acceptors (Lipinski definition) is 2. The van der Waals surface area contributed by atoms with Crippen molar-refractivity contribution in [2.24, 2.45) is 7.05 Å². The summed E-state index contributed by atoms with van der Waals surface area (Å²) in [5, 5.41) is 13.6. The van der Waals surface area contributed by atoms with Crippen molar-refractivity contribution >= 4 is 41.6 Å². The first kappa shape index (κ1) is 14.8. The largest absolute Gasteiger partial charge is 0.476 e. The summed E-state index contributed by atoms with van der Waals surface area (Å²) in [5.74, 6) is -1.06. The van der Waals surface area contributed by atoms with Crippen molar-refractivity contribution in [2.45, 2.75) is 0 Å². The minimum atomic E-state index is -1.06.